The number of aromatic nitrogens is 2. The van der Waals surface area contributed by atoms with Crippen LogP contribution in [0, 0.1) is 6.92 Å². The lowest BCUT2D eigenvalue weighted by molar-refractivity contribution is 1.01. The van der Waals surface area contributed by atoms with Crippen molar-refractivity contribution in [3.8, 4) is 0 Å². The van der Waals surface area contributed by atoms with Gasteiger partial charge in [-0.3, -0.25) is 0 Å². The minimum atomic E-state index is 0.924. The number of hydrogen-bond donors (Lipinski definition) is 1. The standard InChI is InChI=1S/C5H6N2S2/c1-4-2-6-3-7-5(4)9-8/h2-3,8H,1H3. The average Bonchev–Trinajstić information content (AvgIpc) is 1.89. The maximum Gasteiger partial charge on any atom is 0.116 e. The van der Waals surface area contributed by atoms with Gasteiger partial charge in [0, 0.05) is 11.8 Å². The van der Waals surface area contributed by atoms with E-state index >= 15 is 0 Å². The fourth-order valence-electron chi connectivity index (χ4n) is 0.484. The summed E-state index contributed by atoms with van der Waals surface area (Å²) in [5.41, 5.74) is 1.07. The number of nitrogens with zero attached hydrogens (tertiary/aromatic N) is 2. The first-order valence-electron chi connectivity index (χ1n) is 2.42. The molecule has 0 aliphatic heterocycles. The second-order valence-electron chi connectivity index (χ2n) is 1.60. The molecule has 1 heterocycles. The van der Waals surface area contributed by atoms with Crippen molar-refractivity contribution < 1.29 is 0 Å². The lowest BCUT2D eigenvalue weighted by Crippen LogP contribution is -1.83. The molecule has 1 rings (SSSR count). The first-order chi connectivity index (χ1) is 4.34. The Morgan fingerprint density at radius 2 is 2.44 bits per heavy atom. The van der Waals surface area contributed by atoms with Gasteiger partial charge in [0.1, 0.15) is 11.4 Å². The van der Waals surface area contributed by atoms with E-state index in [2.05, 4.69) is 21.6 Å². The lowest BCUT2D eigenvalue weighted by Gasteiger charge is -1.94. The van der Waals surface area contributed by atoms with Gasteiger partial charge in [-0.05, 0) is 17.7 Å². The van der Waals surface area contributed by atoms with Gasteiger partial charge >= 0.3 is 0 Å². The monoisotopic (exact) mass is 158 g/mol. The van der Waals surface area contributed by atoms with Gasteiger partial charge in [-0.2, -0.15) is 0 Å². The van der Waals surface area contributed by atoms with Crippen molar-refractivity contribution in [2.75, 3.05) is 0 Å². The van der Waals surface area contributed by atoms with Gasteiger partial charge in [0.2, 0.25) is 0 Å². The molecule has 0 atom stereocenters. The molecule has 0 aliphatic rings. The van der Waals surface area contributed by atoms with E-state index in [-0.39, 0.29) is 0 Å². The smallest absolute Gasteiger partial charge is 0.116 e. The molecule has 0 spiro atoms. The molecule has 0 aromatic carbocycles. The Bertz CT molecular complexity index is 202. The summed E-state index contributed by atoms with van der Waals surface area (Å²) >= 11 is 4.01. The van der Waals surface area contributed by atoms with Crippen LogP contribution >= 0.6 is 22.5 Å². The highest BCUT2D eigenvalue weighted by Gasteiger charge is 1.94. The van der Waals surface area contributed by atoms with E-state index in [0.29, 0.717) is 0 Å². The van der Waals surface area contributed by atoms with Crippen molar-refractivity contribution in [1.82, 2.24) is 9.97 Å². The number of aryl methyl sites for hydroxylation is 1. The molecule has 0 fully saturated rings. The fraction of sp³-hybridized carbons (Fsp3) is 0.200. The number of hydrogen-bond acceptors (Lipinski definition) is 4. The molecule has 0 radical (unpaired) electrons. The molecule has 0 N–H and O–H groups in total. The zero-order valence-corrected chi connectivity index (χ0v) is 6.62. The van der Waals surface area contributed by atoms with Gasteiger partial charge in [0.15, 0.2) is 0 Å². The van der Waals surface area contributed by atoms with Crippen molar-refractivity contribution >= 4 is 22.5 Å². The van der Waals surface area contributed by atoms with Crippen LogP contribution in [0.1, 0.15) is 5.56 Å². The van der Waals surface area contributed by atoms with Gasteiger partial charge in [0.05, 0.1) is 0 Å². The van der Waals surface area contributed by atoms with Crippen LogP contribution in [0.4, 0.5) is 0 Å². The second kappa shape index (κ2) is 3.08. The summed E-state index contributed by atoms with van der Waals surface area (Å²) in [4.78, 5) is 7.81. The molecule has 1 aromatic rings. The molecule has 0 amide bonds. The molecule has 1 aromatic heterocycles. The van der Waals surface area contributed by atoms with E-state index in [9.17, 15) is 0 Å². The molecule has 0 unspecified atom stereocenters. The van der Waals surface area contributed by atoms with Crippen LogP contribution in [-0.4, -0.2) is 9.97 Å². The van der Waals surface area contributed by atoms with Crippen LogP contribution in [0.25, 0.3) is 0 Å². The van der Waals surface area contributed by atoms with Gasteiger partial charge in [-0.25, -0.2) is 9.97 Å². The van der Waals surface area contributed by atoms with Crippen LogP contribution in [0.15, 0.2) is 17.6 Å². The second-order valence-corrected chi connectivity index (χ2v) is 2.72. The molecule has 0 saturated heterocycles. The Morgan fingerprint density at radius 1 is 1.67 bits per heavy atom. The third kappa shape index (κ3) is 1.59. The Labute approximate surface area is 62.9 Å². The number of thiol groups is 1. The molecule has 4 heteroatoms. The highest BCUT2D eigenvalue weighted by molar-refractivity contribution is 8.68. The fourth-order valence-corrected chi connectivity index (χ4v) is 1.35. The topological polar surface area (TPSA) is 25.8 Å². The minimum Gasteiger partial charge on any atom is -0.244 e. The van der Waals surface area contributed by atoms with Gasteiger partial charge < -0.3 is 0 Å². The minimum absolute atomic E-state index is 0.924. The van der Waals surface area contributed by atoms with Crippen molar-refractivity contribution in [3.63, 3.8) is 0 Å². The third-order valence-corrected chi connectivity index (χ3v) is 2.05. The average molecular weight is 158 g/mol. The molecule has 0 bridgehead atoms. The summed E-state index contributed by atoms with van der Waals surface area (Å²) in [5, 5.41) is 0.924. The van der Waals surface area contributed by atoms with Crippen LogP contribution in [0.5, 0.6) is 0 Å². The highest BCUT2D eigenvalue weighted by Crippen LogP contribution is 2.20. The van der Waals surface area contributed by atoms with Crippen LogP contribution in [-0.2, 0) is 0 Å². The predicted octanol–water partition coefficient (Wildman–Crippen LogP) is 1.72. The molecule has 0 aliphatic carbocycles. The van der Waals surface area contributed by atoms with Crippen LogP contribution in [0.2, 0.25) is 0 Å². The number of rotatable bonds is 1. The van der Waals surface area contributed by atoms with Crippen molar-refractivity contribution in [3.05, 3.63) is 18.1 Å². The van der Waals surface area contributed by atoms with E-state index in [1.807, 2.05) is 6.92 Å². The normalized spacial score (nSPS) is 9.56. The molecular weight excluding hydrogens is 152 g/mol. The van der Waals surface area contributed by atoms with Gasteiger partial charge in [-0.15, -0.1) is 11.7 Å². The molecule has 48 valence electrons. The Morgan fingerprint density at radius 3 is 2.89 bits per heavy atom. The molecular formula is C5H6N2S2. The maximum absolute atomic E-state index is 4.01. The van der Waals surface area contributed by atoms with Crippen molar-refractivity contribution in [2.24, 2.45) is 0 Å². The Hall–Kier alpha value is -0.220. The summed E-state index contributed by atoms with van der Waals surface area (Å²) in [5.74, 6) is 0. The Balaban J connectivity index is 3.01. The van der Waals surface area contributed by atoms with Gasteiger partial charge in [-0.1, -0.05) is 0 Å². The van der Waals surface area contributed by atoms with Crippen molar-refractivity contribution in [2.45, 2.75) is 11.9 Å². The highest BCUT2D eigenvalue weighted by atomic mass is 33.1. The van der Waals surface area contributed by atoms with Crippen molar-refractivity contribution in [1.29, 1.82) is 0 Å². The van der Waals surface area contributed by atoms with Crippen LogP contribution in [0.3, 0.4) is 0 Å². The van der Waals surface area contributed by atoms with E-state index in [4.69, 9.17) is 0 Å². The van der Waals surface area contributed by atoms with E-state index in [0.717, 1.165) is 10.6 Å². The van der Waals surface area contributed by atoms with E-state index < -0.39 is 0 Å². The van der Waals surface area contributed by atoms with E-state index in [1.54, 1.807) is 6.20 Å². The van der Waals surface area contributed by atoms with Gasteiger partial charge in [0.25, 0.3) is 0 Å². The summed E-state index contributed by atoms with van der Waals surface area (Å²) in [7, 11) is 1.34. The zero-order valence-electron chi connectivity index (χ0n) is 4.90. The first kappa shape index (κ1) is 6.89. The first-order valence-corrected chi connectivity index (χ1v) is 4.29. The predicted molar refractivity (Wildman–Crippen MR) is 41.6 cm³/mol. The zero-order chi connectivity index (χ0) is 6.69. The largest absolute Gasteiger partial charge is 0.244 e. The summed E-state index contributed by atoms with van der Waals surface area (Å²) in [6.45, 7) is 1.96. The maximum atomic E-state index is 4.01. The van der Waals surface area contributed by atoms with E-state index in [1.165, 1.54) is 17.1 Å². The van der Waals surface area contributed by atoms with Crippen LogP contribution < -0.4 is 0 Å². The summed E-state index contributed by atoms with van der Waals surface area (Å²) in [6, 6.07) is 0. The summed E-state index contributed by atoms with van der Waals surface area (Å²) in [6.07, 6.45) is 3.29. The quantitative estimate of drug-likeness (QED) is 0.383. The molecule has 2 nitrogen and oxygen atoms in total. The Kier molecular flexibility index (Phi) is 2.36. The lowest BCUT2D eigenvalue weighted by atomic mass is 10.4. The third-order valence-electron chi connectivity index (χ3n) is 0.934. The SMILES string of the molecule is Cc1cncnc1SS. The molecule has 0 saturated carbocycles. The summed E-state index contributed by atoms with van der Waals surface area (Å²) < 4.78 is 0. The molecule has 9 heavy (non-hydrogen) atoms.